The van der Waals surface area contributed by atoms with E-state index in [1.165, 1.54) is 12.8 Å². The van der Waals surface area contributed by atoms with Crippen LogP contribution in [0.1, 0.15) is 32.6 Å². The number of nitrogens with one attached hydrogen (secondary N) is 2. The second-order valence-electron chi connectivity index (χ2n) is 4.67. The SMILES string of the molecule is CC(NC(=O)C1CCC(=O)NC1)C1CC1. The molecule has 2 rings (SSSR count). The second-order valence-corrected chi connectivity index (χ2v) is 4.67. The summed E-state index contributed by atoms with van der Waals surface area (Å²) in [5, 5.41) is 5.77. The minimum Gasteiger partial charge on any atom is -0.355 e. The highest BCUT2D eigenvalue weighted by Gasteiger charge is 2.31. The zero-order chi connectivity index (χ0) is 10.8. The lowest BCUT2D eigenvalue weighted by atomic mass is 9.98. The van der Waals surface area contributed by atoms with Gasteiger partial charge in [-0.05, 0) is 32.1 Å². The predicted octanol–water partition coefficient (Wildman–Crippen LogP) is 0.427. The Bertz CT molecular complexity index is 264. The first kappa shape index (κ1) is 10.5. The van der Waals surface area contributed by atoms with Crippen molar-refractivity contribution in [2.75, 3.05) is 6.54 Å². The Morgan fingerprint density at radius 2 is 2.20 bits per heavy atom. The van der Waals surface area contributed by atoms with Crippen LogP contribution in [0.15, 0.2) is 0 Å². The van der Waals surface area contributed by atoms with Gasteiger partial charge in [0.25, 0.3) is 0 Å². The minimum absolute atomic E-state index is 0.0242. The third kappa shape index (κ3) is 2.70. The summed E-state index contributed by atoms with van der Waals surface area (Å²) >= 11 is 0. The Morgan fingerprint density at radius 3 is 2.73 bits per heavy atom. The van der Waals surface area contributed by atoms with Gasteiger partial charge < -0.3 is 10.6 Å². The van der Waals surface area contributed by atoms with Crippen molar-refractivity contribution in [2.24, 2.45) is 11.8 Å². The van der Waals surface area contributed by atoms with Crippen molar-refractivity contribution in [2.45, 2.75) is 38.6 Å². The van der Waals surface area contributed by atoms with E-state index >= 15 is 0 Å². The van der Waals surface area contributed by atoms with Crippen LogP contribution in [0.2, 0.25) is 0 Å². The molecule has 0 spiro atoms. The Labute approximate surface area is 89.8 Å². The molecule has 0 aromatic rings. The molecule has 1 aliphatic carbocycles. The van der Waals surface area contributed by atoms with Crippen LogP contribution in [0.5, 0.6) is 0 Å². The van der Waals surface area contributed by atoms with Gasteiger partial charge in [-0.15, -0.1) is 0 Å². The topological polar surface area (TPSA) is 58.2 Å². The zero-order valence-electron chi connectivity index (χ0n) is 9.08. The molecule has 1 aliphatic heterocycles. The van der Waals surface area contributed by atoms with E-state index in [9.17, 15) is 9.59 Å². The average Bonchev–Trinajstić information content (AvgIpc) is 3.01. The quantitative estimate of drug-likeness (QED) is 0.709. The van der Waals surface area contributed by atoms with Gasteiger partial charge in [0.2, 0.25) is 11.8 Å². The molecule has 0 radical (unpaired) electrons. The lowest BCUT2D eigenvalue weighted by molar-refractivity contribution is -0.129. The Balaban J connectivity index is 1.77. The maximum atomic E-state index is 11.8. The van der Waals surface area contributed by atoms with Gasteiger partial charge >= 0.3 is 0 Å². The summed E-state index contributed by atoms with van der Waals surface area (Å²) in [6.07, 6.45) is 3.65. The maximum absolute atomic E-state index is 11.8. The minimum atomic E-state index is -0.0242. The molecule has 84 valence electrons. The predicted molar refractivity (Wildman–Crippen MR) is 56.1 cm³/mol. The normalized spacial score (nSPS) is 28.1. The summed E-state index contributed by atoms with van der Waals surface area (Å²) < 4.78 is 0. The van der Waals surface area contributed by atoms with Crippen molar-refractivity contribution < 1.29 is 9.59 Å². The molecule has 1 saturated heterocycles. The number of hydrogen-bond donors (Lipinski definition) is 2. The van der Waals surface area contributed by atoms with Gasteiger partial charge in [0, 0.05) is 19.0 Å². The van der Waals surface area contributed by atoms with E-state index in [1.54, 1.807) is 0 Å². The van der Waals surface area contributed by atoms with Crippen LogP contribution < -0.4 is 10.6 Å². The first-order valence-corrected chi connectivity index (χ1v) is 5.74. The lowest BCUT2D eigenvalue weighted by Crippen LogP contribution is -2.45. The molecule has 1 saturated carbocycles. The summed E-state index contributed by atoms with van der Waals surface area (Å²) in [7, 11) is 0. The van der Waals surface area contributed by atoms with Crippen molar-refractivity contribution in [1.29, 1.82) is 0 Å². The van der Waals surface area contributed by atoms with E-state index < -0.39 is 0 Å². The first-order chi connectivity index (χ1) is 7.16. The number of amides is 2. The smallest absolute Gasteiger partial charge is 0.225 e. The zero-order valence-corrected chi connectivity index (χ0v) is 9.08. The van der Waals surface area contributed by atoms with Crippen LogP contribution in [0, 0.1) is 11.8 Å². The maximum Gasteiger partial charge on any atom is 0.225 e. The fraction of sp³-hybridized carbons (Fsp3) is 0.818. The van der Waals surface area contributed by atoms with Crippen LogP contribution in [-0.2, 0) is 9.59 Å². The molecule has 1 heterocycles. The van der Waals surface area contributed by atoms with E-state index in [0.29, 0.717) is 31.3 Å². The van der Waals surface area contributed by atoms with E-state index in [1.807, 2.05) is 0 Å². The largest absolute Gasteiger partial charge is 0.355 e. The number of carbonyl (C=O) groups is 2. The standard InChI is InChI=1S/C11H18N2O2/c1-7(8-2-3-8)13-11(15)9-4-5-10(14)12-6-9/h7-9H,2-6H2,1H3,(H,12,14)(H,13,15). The van der Waals surface area contributed by atoms with E-state index in [4.69, 9.17) is 0 Å². The summed E-state index contributed by atoms with van der Waals surface area (Å²) in [6, 6.07) is 0.301. The highest BCUT2D eigenvalue weighted by Crippen LogP contribution is 2.32. The molecular formula is C11H18N2O2. The second kappa shape index (κ2) is 4.21. The van der Waals surface area contributed by atoms with Crippen LogP contribution in [0.3, 0.4) is 0 Å². The van der Waals surface area contributed by atoms with Gasteiger partial charge in [-0.25, -0.2) is 0 Å². The van der Waals surface area contributed by atoms with Gasteiger partial charge in [0.1, 0.15) is 0 Å². The molecule has 2 fully saturated rings. The van der Waals surface area contributed by atoms with Crippen molar-refractivity contribution in [3.05, 3.63) is 0 Å². The third-order valence-electron chi connectivity index (χ3n) is 3.34. The Morgan fingerprint density at radius 1 is 1.47 bits per heavy atom. The van der Waals surface area contributed by atoms with Crippen molar-refractivity contribution in [3.8, 4) is 0 Å². The van der Waals surface area contributed by atoms with Crippen molar-refractivity contribution in [1.82, 2.24) is 10.6 Å². The van der Waals surface area contributed by atoms with Crippen LogP contribution in [-0.4, -0.2) is 24.4 Å². The third-order valence-corrected chi connectivity index (χ3v) is 3.34. The molecule has 4 heteroatoms. The monoisotopic (exact) mass is 210 g/mol. The highest BCUT2D eigenvalue weighted by molar-refractivity contribution is 5.83. The summed E-state index contributed by atoms with van der Waals surface area (Å²) in [5.41, 5.74) is 0. The van der Waals surface area contributed by atoms with Crippen LogP contribution in [0.4, 0.5) is 0 Å². The van der Waals surface area contributed by atoms with E-state index in [2.05, 4.69) is 17.6 Å². The molecule has 4 nitrogen and oxygen atoms in total. The molecule has 2 amide bonds. The van der Waals surface area contributed by atoms with Gasteiger partial charge in [0.05, 0.1) is 5.92 Å². The molecule has 2 aliphatic rings. The molecule has 2 atom stereocenters. The molecule has 0 aromatic carbocycles. The van der Waals surface area contributed by atoms with Crippen molar-refractivity contribution >= 4 is 11.8 Å². The van der Waals surface area contributed by atoms with Gasteiger partial charge in [-0.1, -0.05) is 0 Å². The molecule has 15 heavy (non-hydrogen) atoms. The van der Waals surface area contributed by atoms with Gasteiger partial charge in [-0.2, -0.15) is 0 Å². The average molecular weight is 210 g/mol. The summed E-state index contributed by atoms with van der Waals surface area (Å²) in [4.78, 5) is 22.7. The molecule has 2 N–H and O–H groups in total. The number of hydrogen-bond acceptors (Lipinski definition) is 2. The highest BCUT2D eigenvalue weighted by atomic mass is 16.2. The number of piperidine rings is 1. The number of carbonyl (C=O) groups excluding carboxylic acids is 2. The fourth-order valence-electron chi connectivity index (χ4n) is 2.01. The summed E-state index contributed by atoms with van der Waals surface area (Å²) in [5.74, 6) is 0.833. The van der Waals surface area contributed by atoms with Crippen LogP contribution in [0.25, 0.3) is 0 Å². The Kier molecular flexibility index (Phi) is 2.93. The molecule has 2 unspecified atom stereocenters. The number of rotatable bonds is 3. The Hall–Kier alpha value is -1.06. The lowest BCUT2D eigenvalue weighted by Gasteiger charge is -2.23. The van der Waals surface area contributed by atoms with Gasteiger partial charge in [-0.3, -0.25) is 9.59 Å². The van der Waals surface area contributed by atoms with E-state index in [0.717, 1.165) is 0 Å². The molecular weight excluding hydrogens is 192 g/mol. The molecule has 0 bridgehead atoms. The van der Waals surface area contributed by atoms with Crippen molar-refractivity contribution in [3.63, 3.8) is 0 Å². The first-order valence-electron chi connectivity index (χ1n) is 5.74. The molecule has 0 aromatic heterocycles. The van der Waals surface area contributed by atoms with Crippen LogP contribution >= 0.6 is 0 Å². The summed E-state index contributed by atoms with van der Waals surface area (Å²) in [6.45, 7) is 2.57. The van der Waals surface area contributed by atoms with Gasteiger partial charge in [0.15, 0.2) is 0 Å². The van der Waals surface area contributed by atoms with E-state index in [-0.39, 0.29) is 17.7 Å². The fourth-order valence-corrected chi connectivity index (χ4v) is 2.01.